The predicted octanol–water partition coefficient (Wildman–Crippen LogP) is 15.2. The zero-order chi connectivity index (χ0) is 45.4. The van der Waals surface area contributed by atoms with E-state index in [-0.39, 0.29) is 11.8 Å². The molecule has 3 heterocycles. The van der Waals surface area contributed by atoms with Gasteiger partial charge < -0.3 is 4.42 Å². The fraction of sp³-hybridized carbons (Fsp3) is 0.0317. The molecular formula is C63H39N5O. The van der Waals surface area contributed by atoms with Gasteiger partial charge in [-0.1, -0.05) is 188 Å². The second-order valence-electron chi connectivity index (χ2n) is 17.9. The van der Waals surface area contributed by atoms with E-state index in [1.54, 1.807) is 0 Å². The van der Waals surface area contributed by atoms with Crippen molar-refractivity contribution >= 4 is 21.9 Å². The highest BCUT2D eigenvalue weighted by Crippen LogP contribution is 2.56. The molecule has 0 fully saturated rings. The molecule has 3 aliphatic carbocycles. The fourth-order valence-corrected chi connectivity index (χ4v) is 10.8. The lowest BCUT2D eigenvalue weighted by Crippen LogP contribution is -2.27. The first-order chi connectivity index (χ1) is 34.2. The van der Waals surface area contributed by atoms with Crippen LogP contribution in [0.2, 0.25) is 0 Å². The van der Waals surface area contributed by atoms with Gasteiger partial charge in [0.25, 0.3) is 0 Å². The van der Waals surface area contributed by atoms with Crippen molar-refractivity contribution in [3.63, 3.8) is 0 Å². The summed E-state index contributed by atoms with van der Waals surface area (Å²) in [5.41, 5.74) is 19.5. The zero-order valence-electron chi connectivity index (χ0n) is 37.2. The van der Waals surface area contributed by atoms with Gasteiger partial charge in [0.2, 0.25) is 0 Å². The van der Waals surface area contributed by atoms with Crippen LogP contribution in [0.5, 0.6) is 0 Å². The van der Waals surface area contributed by atoms with E-state index >= 15 is 0 Å². The molecule has 0 radical (unpaired) electrons. The molecule has 6 nitrogen and oxygen atoms in total. The second-order valence-corrected chi connectivity index (χ2v) is 17.9. The van der Waals surface area contributed by atoms with Crippen molar-refractivity contribution in [3.05, 3.63) is 258 Å². The van der Waals surface area contributed by atoms with E-state index in [1.165, 1.54) is 33.4 Å². The van der Waals surface area contributed by atoms with Gasteiger partial charge in [-0.3, -0.25) is 0 Å². The Bertz CT molecular complexity index is 3920. The Morgan fingerprint density at radius 2 is 0.710 bits per heavy atom. The summed E-state index contributed by atoms with van der Waals surface area (Å²) in [4.78, 5) is 25.7. The maximum atomic E-state index is 6.29. The van der Waals surface area contributed by atoms with E-state index in [0.29, 0.717) is 23.3 Å². The van der Waals surface area contributed by atoms with Crippen LogP contribution in [-0.4, -0.2) is 24.9 Å². The molecular weight excluding hydrogens is 843 g/mol. The fourth-order valence-electron chi connectivity index (χ4n) is 10.8. The van der Waals surface area contributed by atoms with Crippen LogP contribution < -0.4 is 0 Å². The summed E-state index contributed by atoms with van der Waals surface area (Å²) >= 11 is 0. The van der Waals surface area contributed by atoms with Crippen LogP contribution in [0.4, 0.5) is 0 Å². The number of hydrogen-bond acceptors (Lipinski definition) is 6. The number of hydrogen-bond donors (Lipinski definition) is 0. The minimum atomic E-state index is 0.0367. The Morgan fingerprint density at radius 3 is 1.33 bits per heavy atom. The topological polar surface area (TPSA) is 77.6 Å². The third kappa shape index (κ3) is 6.52. The van der Waals surface area contributed by atoms with Crippen molar-refractivity contribution in [1.29, 1.82) is 0 Å². The molecule has 0 aliphatic heterocycles. The van der Waals surface area contributed by atoms with Crippen molar-refractivity contribution in [2.75, 3.05) is 0 Å². The minimum absolute atomic E-state index is 0.0367. The molecule has 6 heteroatoms. The molecule has 2 atom stereocenters. The van der Waals surface area contributed by atoms with Gasteiger partial charge in [-0.05, 0) is 80.9 Å². The Kier molecular flexibility index (Phi) is 8.92. The summed E-state index contributed by atoms with van der Waals surface area (Å²) in [6, 6.07) is 78.7. The molecule has 0 saturated carbocycles. The molecule has 9 aromatic carbocycles. The monoisotopic (exact) mass is 881 g/mol. The van der Waals surface area contributed by atoms with Crippen LogP contribution in [0.1, 0.15) is 45.2 Å². The average molecular weight is 882 g/mol. The molecule has 0 spiro atoms. The first-order valence-electron chi connectivity index (χ1n) is 23.4. The summed E-state index contributed by atoms with van der Waals surface area (Å²) in [5.74, 6) is 2.72. The van der Waals surface area contributed by atoms with Crippen LogP contribution in [-0.2, 0) is 0 Å². The Balaban J connectivity index is 0.886. The third-order valence-corrected chi connectivity index (χ3v) is 13.9. The number of fused-ring (bicyclic) bond motifs is 3. The second kappa shape index (κ2) is 15.8. The highest BCUT2D eigenvalue weighted by Gasteiger charge is 2.41. The number of benzene rings is 9. The van der Waals surface area contributed by atoms with Gasteiger partial charge in [0.1, 0.15) is 11.2 Å². The van der Waals surface area contributed by atoms with E-state index in [0.717, 1.165) is 77.8 Å². The van der Waals surface area contributed by atoms with Crippen LogP contribution in [0.25, 0.3) is 101 Å². The minimum Gasteiger partial charge on any atom is -0.456 e. The maximum Gasteiger partial charge on any atom is 0.164 e. The summed E-state index contributed by atoms with van der Waals surface area (Å²) < 4.78 is 6.29. The number of para-hydroxylation sites is 1. The highest BCUT2D eigenvalue weighted by molar-refractivity contribution is 6.12. The van der Waals surface area contributed by atoms with Gasteiger partial charge in [0.15, 0.2) is 23.3 Å². The molecule has 69 heavy (non-hydrogen) atoms. The first kappa shape index (κ1) is 39.1. The molecule has 12 aromatic rings. The number of rotatable bonds is 7. The van der Waals surface area contributed by atoms with Crippen molar-refractivity contribution in [3.8, 4) is 79.2 Å². The van der Waals surface area contributed by atoms with Gasteiger partial charge in [0, 0.05) is 56.0 Å². The van der Waals surface area contributed by atoms with Gasteiger partial charge in [-0.25, -0.2) is 24.9 Å². The van der Waals surface area contributed by atoms with Crippen LogP contribution in [0.3, 0.4) is 0 Å². The molecule has 2 unspecified atom stereocenters. The molecule has 0 amide bonds. The standard InChI is InChI=1S/C63H39N5O/c1-4-16-38(17-5-1)60-64-53(42-23-14-22-41(34-42)45-27-15-29-56-59(45)50-26-12-13-28-55(50)69-56)37-54(65-60)43-30-32-48-51(35-43)57-46-24-10-11-25-47(46)58(48)52-36-44(31-33-49(52)57)63-67-61(39-18-6-2-7-19-39)66-62(68-63)40-20-8-3-9-21-40/h1-37,57-58H. The summed E-state index contributed by atoms with van der Waals surface area (Å²) in [7, 11) is 0. The van der Waals surface area contributed by atoms with Crippen LogP contribution >= 0.6 is 0 Å². The Hall–Kier alpha value is -9.13. The number of nitrogens with zero attached hydrogens (tertiary/aromatic N) is 5. The number of aromatic nitrogens is 5. The van der Waals surface area contributed by atoms with Crippen molar-refractivity contribution in [2.45, 2.75) is 11.8 Å². The van der Waals surface area contributed by atoms with Gasteiger partial charge >= 0.3 is 0 Å². The highest BCUT2D eigenvalue weighted by atomic mass is 16.3. The molecule has 3 aliphatic rings. The predicted molar refractivity (Wildman–Crippen MR) is 276 cm³/mol. The molecule has 15 rings (SSSR count). The number of furan rings is 1. The molecule has 0 saturated heterocycles. The SMILES string of the molecule is c1ccc(-c2nc(-c3cccc(-c4cccc5oc6ccccc6c45)c3)cc(-c3ccc4c(c3)C3c5ccccc5C4c4cc(-c5nc(-c6ccccc6)nc(-c6ccccc6)n5)ccc43)n2)cc1. The van der Waals surface area contributed by atoms with Crippen molar-refractivity contribution in [2.24, 2.45) is 0 Å². The van der Waals surface area contributed by atoms with Crippen LogP contribution in [0.15, 0.2) is 229 Å². The lowest BCUT2D eigenvalue weighted by Gasteiger charge is -2.42. The molecule has 0 N–H and O–H groups in total. The largest absolute Gasteiger partial charge is 0.456 e. The summed E-state index contributed by atoms with van der Waals surface area (Å²) in [5, 5.41) is 2.22. The van der Waals surface area contributed by atoms with E-state index < -0.39 is 0 Å². The van der Waals surface area contributed by atoms with Gasteiger partial charge in [0.05, 0.1) is 11.4 Å². The van der Waals surface area contributed by atoms with E-state index in [2.05, 4.69) is 152 Å². The summed E-state index contributed by atoms with van der Waals surface area (Å²) in [6.45, 7) is 0. The Morgan fingerprint density at radius 1 is 0.275 bits per heavy atom. The molecule has 3 aromatic heterocycles. The smallest absolute Gasteiger partial charge is 0.164 e. The van der Waals surface area contributed by atoms with Crippen LogP contribution in [0, 0.1) is 0 Å². The van der Waals surface area contributed by atoms with E-state index in [4.69, 9.17) is 29.3 Å². The average Bonchev–Trinajstić information content (AvgIpc) is 3.82. The quantitative estimate of drug-likeness (QED) is 0.159. The van der Waals surface area contributed by atoms with E-state index in [1.807, 2.05) is 72.8 Å². The normalized spacial score (nSPS) is 14.4. The molecule has 2 bridgehead atoms. The lowest BCUT2D eigenvalue weighted by molar-refractivity contribution is 0.669. The first-order valence-corrected chi connectivity index (χ1v) is 23.4. The van der Waals surface area contributed by atoms with Crippen molar-refractivity contribution in [1.82, 2.24) is 24.9 Å². The van der Waals surface area contributed by atoms with Crippen molar-refractivity contribution < 1.29 is 4.42 Å². The zero-order valence-corrected chi connectivity index (χ0v) is 37.2. The summed E-state index contributed by atoms with van der Waals surface area (Å²) in [6.07, 6.45) is 0. The van der Waals surface area contributed by atoms with Gasteiger partial charge in [-0.2, -0.15) is 0 Å². The maximum absolute atomic E-state index is 6.29. The molecule has 322 valence electrons. The van der Waals surface area contributed by atoms with Gasteiger partial charge in [-0.15, -0.1) is 0 Å². The van der Waals surface area contributed by atoms with E-state index in [9.17, 15) is 0 Å². The third-order valence-electron chi connectivity index (χ3n) is 13.9. The lowest BCUT2D eigenvalue weighted by atomic mass is 9.60. The Labute approximate surface area is 398 Å².